The smallest absolute Gasteiger partial charge is 0.338 e. The minimum absolute atomic E-state index is 0.0181. The zero-order valence-corrected chi connectivity index (χ0v) is 17.1. The molecule has 1 aromatic carbocycles. The predicted molar refractivity (Wildman–Crippen MR) is 103 cm³/mol. The van der Waals surface area contributed by atoms with Gasteiger partial charge in [-0.25, -0.2) is 18.0 Å². The summed E-state index contributed by atoms with van der Waals surface area (Å²) in [5, 5.41) is 4.92. The molecule has 8 nitrogen and oxygen atoms in total. The molecular formula is C19H26N2O6S. The Morgan fingerprint density at radius 2 is 1.86 bits per heavy atom. The van der Waals surface area contributed by atoms with Crippen LogP contribution in [0.5, 0.6) is 0 Å². The molecule has 1 aromatic rings. The van der Waals surface area contributed by atoms with Crippen molar-refractivity contribution in [1.29, 1.82) is 0 Å². The number of hydrogen-bond donors (Lipinski definition) is 2. The molecular weight excluding hydrogens is 384 g/mol. The number of benzene rings is 1. The lowest BCUT2D eigenvalue weighted by atomic mass is 9.86. The van der Waals surface area contributed by atoms with Crippen LogP contribution >= 0.6 is 0 Å². The standard InChI is InChI=1S/C19H26N2O6S/c1-12-8-9-14(28(3,25)26)10-15(12)18(23)27-11-17(22)21-19(24)20-16-7-5-4-6-13(16)2/h8-10,13,16H,4-7,11H2,1-3H3,(H2,20,21,22,24)/t13-,16+/m0/s1. The molecule has 28 heavy (non-hydrogen) atoms. The maximum atomic E-state index is 12.2. The summed E-state index contributed by atoms with van der Waals surface area (Å²) in [6.07, 6.45) is 5.10. The predicted octanol–water partition coefficient (Wildman–Crippen LogP) is 1.96. The number of sulfone groups is 1. The summed E-state index contributed by atoms with van der Waals surface area (Å²) in [7, 11) is -3.48. The number of carbonyl (C=O) groups excluding carboxylic acids is 3. The number of aryl methyl sites for hydroxylation is 1. The van der Waals surface area contributed by atoms with Gasteiger partial charge in [-0.2, -0.15) is 0 Å². The van der Waals surface area contributed by atoms with Crippen molar-refractivity contribution in [1.82, 2.24) is 10.6 Å². The average Bonchev–Trinajstić information content (AvgIpc) is 2.61. The first kappa shape index (κ1) is 21.9. The molecule has 2 N–H and O–H groups in total. The third-order valence-electron chi connectivity index (χ3n) is 4.87. The molecule has 9 heteroatoms. The van der Waals surface area contributed by atoms with E-state index in [4.69, 9.17) is 4.74 Å². The number of hydrogen-bond acceptors (Lipinski definition) is 6. The number of esters is 1. The third kappa shape index (κ3) is 6.05. The summed E-state index contributed by atoms with van der Waals surface area (Å²) in [5.74, 6) is -1.25. The summed E-state index contributed by atoms with van der Waals surface area (Å²) in [4.78, 5) is 36.0. The Morgan fingerprint density at radius 1 is 1.18 bits per heavy atom. The van der Waals surface area contributed by atoms with Crippen LogP contribution < -0.4 is 10.6 Å². The van der Waals surface area contributed by atoms with E-state index in [1.165, 1.54) is 18.2 Å². The molecule has 0 radical (unpaired) electrons. The molecule has 0 saturated heterocycles. The van der Waals surface area contributed by atoms with Crippen LogP contribution in [-0.2, 0) is 19.4 Å². The summed E-state index contributed by atoms with van der Waals surface area (Å²) in [6, 6.07) is 3.50. The van der Waals surface area contributed by atoms with E-state index in [1.807, 2.05) is 0 Å². The van der Waals surface area contributed by atoms with E-state index in [2.05, 4.69) is 17.6 Å². The Kier molecular flexibility index (Phi) is 7.17. The molecule has 0 bridgehead atoms. The highest BCUT2D eigenvalue weighted by Crippen LogP contribution is 2.23. The molecule has 0 spiro atoms. The zero-order valence-electron chi connectivity index (χ0n) is 16.3. The van der Waals surface area contributed by atoms with E-state index in [-0.39, 0.29) is 16.5 Å². The molecule has 0 aliphatic heterocycles. The highest BCUT2D eigenvalue weighted by atomic mass is 32.2. The highest BCUT2D eigenvalue weighted by molar-refractivity contribution is 7.90. The highest BCUT2D eigenvalue weighted by Gasteiger charge is 2.23. The van der Waals surface area contributed by atoms with Gasteiger partial charge in [-0.3, -0.25) is 10.1 Å². The van der Waals surface area contributed by atoms with Crippen molar-refractivity contribution < 1.29 is 27.5 Å². The van der Waals surface area contributed by atoms with Gasteiger partial charge in [0.05, 0.1) is 10.5 Å². The molecule has 1 fully saturated rings. The topological polar surface area (TPSA) is 119 Å². The summed E-state index contributed by atoms with van der Waals surface area (Å²) in [5.41, 5.74) is 0.568. The maximum absolute atomic E-state index is 12.2. The van der Waals surface area contributed by atoms with Crippen molar-refractivity contribution in [3.8, 4) is 0 Å². The molecule has 1 aliphatic rings. The van der Waals surface area contributed by atoms with Crippen LogP contribution in [0.3, 0.4) is 0 Å². The molecule has 1 saturated carbocycles. The van der Waals surface area contributed by atoms with Gasteiger partial charge in [-0.05, 0) is 43.4 Å². The summed E-state index contributed by atoms with van der Waals surface area (Å²) < 4.78 is 28.2. The lowest BCUT2D eigenvalue weighted by molar-refractivity contribution is -0.123. The lowest BCUT2D eigenvalue weighted by Gasteiger charge is -2.29. The molecule has 3 amide bonds. The van der Waals surface area contributed by atoms with Gasteiger partial charge in [0.1, 0.15) is 0 Å². The third-order valence-corrected chi connectivity index (χ3v) is 5.98. The summed E-state index contributed by atoms with van der Waals surface area (Å²) >= 11 is 0. The fourth-order valence-electron chi connectivity index (χ4n) is 3.16. The van der Waals surface area contributed by atoms with Crippen LogP contribution in [0.2, 0.25) is 0 Å². The second kappa shape index (κ2) is 9.18. The van der Waals surface area contributed by atoms with Crippen LogP contribution in [0.15, 0.2) is 23.1 Å². The number of rotatable bonds is 5. The number of nitrogens with one attached hydrogen (secondary N) is 2. The van der Waals surface area contributed by atoms with Crippen LogP contribution in [0.25, 0.3) is 0 Å². The van der Waals surface area contributed by atoms with Crippen molar-refractivity contribution in [2.45, 2.75) is 50.5 Å². The van der Waals surface area contributed by atoms with Crippen LogP contribution in [0.4, 0.5) is 4.79 Å². The lowest BCUT2D eigenvalue weighted by Crippen LogP contribution is -2.48. The molecule has 0 heterocycles. The fourth-order valence-corrected chi connectivity index (χ4v) is 3.81. The van der Waals surface area contributed by atoms with E-state index in [0.717, 1.165) is 31.9 Å². The average molecular weight is 410 g/mol. The number of carbonyl (C=O) groups is 3. The van der Waals surface area contributed by atoms with Gasteiger partial charge < -0.3 is 10.1 Å². The Hall–Kier alpha value is -2.42. The van der Waals surface area contributed by atoms with Crippen molar-refractivity contribution >= 4 is 27.7 Å². The van der Waals surface area contributed by atoms with Gasteiger partial charge in [-0.1, -0.05) is 25.8 Å². The minimum Gasteiger partial charge on any atom is -0.452 e. The minimum atomic E-state index is -3.48. The second-order valence-corrected chi connectivity index (χ2v) is 9.23. The molecule has 1 aliphatic carbocycles. The van der Waals surface area contributed by atoms with Gasteiger partial charge in [0, 0.05) is 12.3 Å². The normalized spacial score (nSPS) is 19.5. The maximum Gasteiger partial charge on any atom is 0.338 e. The van der Waals surface area contributed by atoms with Gasteiger partial charge in [0.15, 0.2) is 16.4 Å². The Labute approximate surface area is 164 Å². The van der Waals surface area contributed by atoms with Crippen molar-refractivity contribution in [3.05, 3.63) is 29.3 Å². The quantitative estimate of drug-likeness (QED) is 0.716. The van der Waals surface area contributed by atoms with E-state index in [0.29, 0.717) is 11.5 Å². The molecule has 154 valence electrons. The second-order valence-electron chi connectivity index (χ2n) is 7.21. The van der Waals surface area contributed by atoms with Gasteiger partial charge in [0.2, 0.25) is 0 Å². The van der Waals surface area contributed by atoms with Gasteiger partial charge in [0.25, 0.3) is 5.91 Å². The van der Waals surface area contributed by atoms with Crippen molar-refractivity contribution in [2.75, 3.05) is 12.9 Å². The first-order valence-corrected chi connectivity index (χ1v) is 11.0. The monoisotopic (exact) mass is 410 g/mol. The summed E-state index contributed by atoms with van der Waals surface area (Å²) in [6.45, 7) is 3.04. The van der Waals surface area contributed by atoms with E-state index in [9.17, 15) is 22.8 Å². The first-order chi connectivity index (χ1) is 13.1. The van der Waals surface area contributed by atoms with Gasteiger partial charge in [-0.15, -0.1) is 0 Å². The van der Waals surface area contributed by atoms with Crippen LogP contribution in [0, 0.1) is 12.8 Å². The SMILES string of the molecule is Cc1ccc(S(C)(=O)=O)cc1C(=O)OCC(=O)NC(=O)N[C@@H]1CCCC[C@@H]1C. The van der Waals surface area contributed by atoms with Crippen molar-refractivity contribution in [2.24, 2.45) is 5.92 Å². The van der Waals surface area contributed by atoms with E-state index < -0.39 is 34.4 Å². The van der Waals surface area contributed by atoms with Crippen LogP contribution in [-0.4, -0.2) is 45.2 Å². The number of ether oxygens (including phenoxy) is 1. The van der Waals surface area contributed by atoms with Gasteiger partial charge >= 0.3 is 12.0 Å². The largest absolute Gasteiger partial charge is 0.452 e. The molecule has 2 rings (SSSR count). The van der Waals surface area contributed by atoms with Crippen molar-refractivity contribution in [3.63, 3.8) is 0 Å². The molecule has 2 atom stereocenters. The van der Waals surface area contributed by atoms with E-state index >= 15 is 0 Å². The zero-order chi connectivity index (χ0) is 20.9. The molecule has 0 unspecified atom stereocenters. The number of urea groups is 1. The fraction of sp³-hybridized carbons (Fsp3) is 0.526. The van der Waals surface area contributed by atoms with E-state index in [1.54, 1.807) is 6.92 Å². The first-order valence-electron chi connectivity index (χ1n) is 9.16. The Balaban J connectivity index is 1.88. The molecule has 0 aromatic heterocycles. The van der Waals surface area contributed by atoms with Crippen LogP contribution in [0.1, 0.15) is 48.5 Å². The number of imide groups is 1. The Bertz CT molecular complexity index is 865. The number of amides is 3. The Morgan fingerprint density at radius 3 is 2.50 bits per heavy atom.